The maximum atomic E-state index is 12.4. The third-order valence-corrected chi connectivity index (χ3v) is 4.35. The van der Waals surface area contributed by atoms with Crippen molar-refractivity contribution in [1.29, 1.82) is 0 Å². The van der Waals surface area contributed by atoms with Crippen LogP contribution >= 0.6 is 0 Å². The Balaban J connectivity index is 1.66. The van der Waals surface area contributed by atoms with Gasteiger partial charge in [-0.15, -0.1) is 0 Å². The minimum Gasteiger partial charge on any atom is -0.489 e. The molecule has 0 radical (unpaired) electrons. The van der Waals surface area contributed by atoms with Gasteiger partial charge >= 0.3 is 0 Å². The van der Waals surface area contributed by atoms with Crippen LogP contribution in [0.3, 0.4) is 0 Å². The molecule has 0 bridgehead atoms. The first-order valence-corrected chi connectivity index (χ1v) is 8.47. The Bertz CT molecular complexity index is 697. The molecule has 5 heteroatoms. The molecule has 1 aromatic heterocycles. The van der Waals surface area contributed by atoms with Crippen LogP contribution in [0, 0.1) is 5.92 Å². The van der Waals surface area contributed by atoms with E-state index in [4.69, 9.17) is 10.5 Å². The van der Waals surface area contributed by atoms with Crippen LogP contribution in [-0.2, 0) is 0 Å². The summed E-state index contributed by atoms with van der Waals surface area (Å²) in [6, 6.07) is 10.5. The van der Waals surface area contributed by atoms with E-state index >= 15 is 0 Å². The monoisotopic (exact) mass is 325 g/mol. The first kappa shape index (κ1) is 16.3. The molecule has 24 heavy (non-hydrogen) atoms. The van der Waals surface area contributed by atoms with Crippen molar-refractivity contribution >= 4 is 17.4 Å². The van der Waals surface area contributed by atoms with Gasteiger partial charge in [-0.3, -0.25) is 4.79 Å². The van der Waals surface area contributed by atoms with E-state index in [0.29, 0.717) is 35.3 Å². The van der Waals surface area contributed by atoms with E-state index in [2.05, 4.69) is 10.3 Å². The van der Waals surface area contributed by atoms with Crippen LogP contribution in [0.25, 0.3) is 0 Å². The van der Waals surface area contributed by atoms with Gasteiger partial charge in [-0.2, -0.15) is 0 Å². The summed E-state index contributed by atoms with van der Waals surface area (Å²) in [7, 11) is 0. The van der Waals surface area contributed by atoms with Gasteiger partial charge in [0.15, 0.2) is 11.6 Å². The molecule has 0 aliphatic heterocycles. The molecule has 1 amide bonds. The average Bonchev–Trinajstić information content (AvgIpc) is 2.62. The third kappa shape index (κ3) is 4.25. The van der Waals surface area contributed by atoms with Crippen LogP contribution in [0.5, 0.6) is 5.75 Å². The second-order valence-corrected chi connectivity index (χ2v) is 6.24. The van der Waals surface area contributed by atoms with Crippen molar-refractivity contribution in [3.63, 3.8) is 0 Å². The molecule has 1 heterocycles. The fraction of sp³-hybridized carbons (Fsp3) is 0.368. The molecule has 3 N–H and O–H groups in total. The first-order valence-electron chi connectivity index (χ1n) is 8.47. The Labute approximate surface area is 142 Å². The van der Waals surface area contributed by atoms with Crippen molar-refractivity contribution in [2.24, 2.45) is 5.92 Å². The number of aromatic nitrogens is 1. The smallest absolute Gasteiger partial charge is 0.256 e. The molecule has 1 saturated carbocycles. The number of ether oxygens (including phenoxy) is 1. The minimum absolute atomic E-state index is 0.247. The number of carbonyl (C=O) groups is 1. The maximum Gasteiger partial charge on any atom is 0.256 e. The summed E-state index contributed by atoms with van der Waals surface area (Å²) in [5, 5.41) is 2.81. The van der Waals surface area contributed by atoms with Gasteiger partial charge < -0.3 is 15.8 Å². The molecule has 2 aromatic rings. The molecule has 0 unspecified atom stereocenters. The summed E-state index contributed by atoms with van der Waals surface area (Å²) in [6.07, 6.45) is 7.95. The number of nitrogens with two attached hydrogens (primary N) is 1. The molecule has 5 nitrogen and oxygen atoms in total. The summed E-state index contributed by atoms with van der Waals surface area (Å²) in [6.45, 7) is 0.673. The minimum atomic E-state index is -0.247. The van der Waals surface area contributed by atoms with Crippen molar-refractivity contribution in [1.82, 2.24) is 4.98 Å². The van der Waals surface area contributed by atoms with E-state index in [1.807, 2.05) is 12.1 Å². The van der Waals surface area contributed by atoms with E-state index in [0.717, 1.165) is 0 Å². The highest BCUT2D eigenvalue weighted by Gasteiger charge is 2.16. The van der Waals surface area contributed by atoms with Crippen LogP contribution in [0.1, 0.15) is 42.5 Å². The second-order valence-electron chi connectivity index (χ2n) is 6.24. The number of amides is 1. The number of hydrogen-bond acceptors (Lipinski definition) is 4. The molecule has 0 atom stereocenters. The van der Waals surface area contributed by atoms with Crippen molar-refractivity contribution in [2.45, 2.75) is 32.1 Å². The lowest BCUT2D eigenvalue weighted by Gasteiger charge is -2.22. The van der Waals surface area contributed by atoms with E-state index in [-0.39, 0.29) is 5.91 Å². The standard InChI is InChI=1S/C19H23N3O2/c20-16-9-4-8-15(12-16)19(23)22-18-17(10-5-11-21-18)24-13-14-6-2-1-3-7-14/h4-5,8-12,14H,1-3,6-7,13,20H2,(H,21,22,23). The predicted molar refractivity (Wildman–Crippen MR) is 95.1 cm³/mol. The van der Waals surface area contributed by atoms with E-state index < -0.39 is 0 Å². The van der Waals surface area contributed by atoms with E-state index in [9.17, 15) is 4.79 Å². The van der Waals surface area contributed by atoms with Crippen LogP contribution < -0.4 is 15.8 Å². The Hall–Kier alpha value is -2.56. The van der Waals surface area contributed by atoms with Gasteiger partial charge in [0.2, 0.25) is 0 Å². The van der Waals surface area contributed by atoms with Crippen LogP contribution in [0.15, 0.2) is 42.6 Å². The number of pyridine rings is 1. The normalized spacial score (nSPS) is 15.0. The zero-order chi connectivity index (χ0) is 16.8. The van der Waals surface area contributed by atoms with Crippen LogP contribution in [0.2, 0.25) is 0 Å². The largest absolute Gasteiger partial charge is 0.489 e. The number of nitrogen functional groups attached to an aromatic ring is 1. The maximum absolute atomic E-state index is 12.4. The van der Waals surface area contributed by atoms with Gasteiger partial charge in [0, 0.05) is 17.4 Å². The lowest BCUT2D eigenvalue weighted by Crippen LogP contribution is -2.17. The zero-order valence-electron chi connectivity index (χ0n) is 13.7. The third-order valence-electron chi connectivity index (χ3n) is 4.35. The Morgan fingerprint density at radius 3 is 2.83 bits per heavy atom. The number of anilines is 2. The highest BCUT2D eigenvalue weighted by atomic mass is 16.5. The number of nitrogens with zero attached hydrogens (tertiary/aromatic N) is 1. The Morgan fingerprint density at radius 2 is 2.04 bits per heavy atom. The van der Waals surface area contributed by atoms with Gasteiger partial charge in [-0.25, -0.2) is 4.98 Å². The van der Waals surface area contributed by atoms with Crippen LogP contribution in [0.4, 0.5) is 11.5 Å². The number of rotatable bonds is 5. The molecule has 1 aliphatic carbocycles. The van der Waals surface area contributed by atoms with Gasteiger partial charge in [0.1, 0.15) is 0 Å². The van der Waals surface area contributed by atoms with E-state index in [1.165, 1.54) is 32.1 Å². The SMILES string of the molecule is Nc1cccc(C(=O)Nc2ncccc2OCC2CCCCC2)c1. The van der Waals surface area contributed by atoms with E-state index in [1.54, 1.807) is 30.5 Å². The van der Waals surface area contributed by atoms with Gasteiger partial charge in [0.25, 0.3) is 5.91 Å². The van der Waals surface area contributed by atoms with Gasteiger partial charge in [-0.05, 0) is 49.1 Å². The molecule has 0 spiro atoms. The quantitative estimate of drug-likeness (QED) is 0.818. The Kier molecular flexibility index (Phi) is 5.31. The lowest BCUT2D eigenvalue weighted by atomic mass is 9.90. The second kappa shape index (κ2) is 7.81. The number of nitrogens with one attached hydrogen (secondary N) is 1. The average molecular weight is 325 g/mol. The number of benzene rings is 1. The van der Waals surface area contributed by atoms with Crippen molar-refractivity contribution in [3.8, 4) is 5.75 Å². The fourth-order valence-electron chi connectivity index (χ4n) is 3.02. The molecule has 1 aliphatic rings. The summed E-state index contributed by atoms with van der Waals surface area (Å²) in [4.78, 5) is 16.6. The molecule has 1 fully saturated rings. The van der Waals surface area contributed by atoms with Crippen molar-refractivity contribution in [3.05, 3.63) is 48.2 Å². The van der Waals surface area contributed by atoms with Gasteiger partial charge in [0.05, 0.1) is 6.61 Å². The molecular weight excluding hydrogens is 302 g/mol. The molecule has 3 rings (SSSR count). The van der Waals surface area contributed by atoms with Gasteiger partial charge in [-0.1, -0.05) is 25.3 Å². The van der Waals surface area contributed by atoms with Crippen LogP contribution in [-0.4, -0.2) is 17.5 Å². The van der Waals surface area contributed by atoms with Crippen molar-refractivity contribution in [2.75, 3.05) is 17.7 Å². The molecule has 0 saturated heterocycles. The summed E-state index contributed by atoms with van der Waals surface area (Å²) in [5.74, 6) is 1.40. The summed E-state index contributed by atoms with van der Waals surface area (Å²) in [5.41, 5.74) is 6.78. The molecule has 1 aromatic carbocycles. The highest BCUT2D eigenvalue weighted by molar-refractivity contribution is 6.04. The summed E-state index contributed by atoms with van der Waals surface area (Å²) >= 11 is 0. The topological polar surface area (TPSA) is 77.2 Å². The first-order chi connectivity index (χ1) is 11.7. The van der Waals surface area contributed by atoms with Crippen molar-refractivity contribution < 1.29 is 9.53 Å². The number of hydrogen-bond donors (Lipinski definition) is 2. The zero-order valence-corrected chi connectivity index (χ0v) is 13.7. The number of carbonyl (C=O) groups excluding carboxylic acids is 1. The Morgan fingerprint density at radius 1 is 1.21 bits per heavy atom. The summed E-state index contributed by atoms with van der Waals surface area (Å²) < 4.78 is 5.94. The fourth-order valence-corrected chi connectivity index (χ4v) is 3.02. The highest BCUT2D eigenvalue weighted by Crippen LogP contribution is 2.27. The lowest BCUT2D eigenvalue weighted by molar-refractivity contribution is 0.102. The molecular formula is C19H23N3O2. The predicted octanol–water partition coefficient (Wildman–Crippen LogP) is 3.88. The molecule has 126 valence electrons.